The minimum absolute atomic E-state index is 1.33. The summed E-state index contributed by atoms with van der Waals surface area (Å²) in [7, 11) is 0. The molecule has 44 heavy (non-hydrogen) atoms. The van der Waals surface area contributed by atoms with Crippen LogP contribution in [-0.2, 0) is 0 Å². The lowest BCUT2D eigenvalue weighted by Crippen LogP contribution is -2.49. The van der Waals surface area contributed by atoms with E-state index in [1.807, 2.05) is 0 Å². The van der Waals surface area contributed by atoms with E-state index in [9.17, 15) is 0 Å². The van der Waals surface area contributed by atoms with E-state index < -0.39 is 0 Å². The maximum absolute atomic E-state index is 2.45. The molecule has 0 fully saturated rings. The first-order valence-electron chi connectivity index (χ1n) is 21.3. The molecule has 0 unspecified atom stereocenters. The monoisotopic (exact) mass is 623 g/mol. The van der Waals surface area contributed by atoms with E-state index in [2.05, 4.69) is 41.5 Å². The first kappa shape index (κ1) is 43.9. The zero-order valence-electron chi connectivity index (χ0n) is 32.4. The summed E-state index contributed by atoms with van der Waals surface area (Å²) in [6.45, 7) is 25.5. The number of hydrogen-bond acceptors (Lipinski definition) is 0. The summed E-state index contributed by atoms with van der Waals surface area (Å²) in [5.74, 6) is 0. The molecule has 0 radical (unpaired) electrons. The molecule has 0 aromatic heterocycles. The molecule has 2 nitrogen and oxygen atoms in total. The van der Waals surface area contributed by atoms with Crippen molar-refractivity contribution in [1.82, 2.24) is 0 Å². The zero-order valence-corrected chi connectivity index (χ0v) is 32.4. The Morgan fingerprint density at radius 3 is 0.523 bits per heavy atom. The van der Waals surface area contributed by atoms with Gasteiger partial charge in [0.25, 0.3) is 0 Å². The molecule has 0 aliphatic carbocycles. The Morgan fingerprint density at radius 1 is 0.205 bits per heavy atom. The Kier molecular flexibility index (Phi) is 32.8. The van der Waals surface area contributed by atoms with Crippen LogP contribution in [0.25, 0.3) is 0 Å². The van der Waals surface area contributed by atoms with Gasteiger partial charge in [0.2, 0.25) is 0 Å². The molecule has 266 valence electrons. The number of unbranched alkanes of at least 4 members (excludes halogenated alkanes) is 25. The largest absolute Gasteiger partial charge is 0.324 e. The normalized spacial score (nSPS) is 12.4. The van der Waals surface area contributed by atoms with Gasteiger partial charge in [0, 0.05) is 0 Å². The van der Waals surface area contributed by atoms with Gasteiger partial charge >= 0.3 is 0 Å². The highest BCUT2D eigenvalue weighted by atomic mass is 15.3. The second kappa shape index (κ2) is 32.8. The van der Waals surface area contributed by atoms with Crippen molar-refractivity contribution < 1.29 is 8.97 Å². The van der Waals surface area contributed by atoms with Gasteiger partial charge in [-0.25, -0.2) is 0 Å². The average Bonchev–Trinajstić information content (AvgIpc) is 3.05. The first-order valence-corrected chi connectivity index (χ1v) is 21.3. The van der Waals surface area contributed by atoms with E-state index in [-0.39, 0.29) is 0 Å². The molecular formula is C42H90N2+2. The van der Waals surface area contributed by atoms with Crippen LogP contribution in [-0.4, -0.2) is 61.3 Å². The van der Waals surface area contributed by atoms with Crippen LogP contribution in [0.3, 0.4) is 0 Å². The highest BCUT2D eigenvalue weighted by Crippen LogP contribution is 2.18. The highest BCUT2D eigenvalue weighted by Gasteiger charge is 2.23. The summed E-state index contributed by atoms with van der Waals surface area (Å²) in [5.41, 5.74) is 0. The van der Waals surface area contributed by atoms with Crippen LogP contribution < -0.4 is 0 Å². The van der Waals surface area contributed by atoms with E-state index in [4.69, 9.17) is 0 Å². The fraction of sp³-hybridized carbons (Fsp3) is 1.00. The fourth-order valence-electron chi connectivity index (χ4n) is 7.76. The number of hydrogen-bond donors (Lipinski definition) is 0. The Morgan fingerprint density at radius 2 is 0.364 bits per heavy atom. The van der Waals surface area contributed by atoms with Crippen LogP contribution in [0.2, 0.25) is 0 Å². The van der Waals surface area contributed by atoms with Crippen LogP contribution >= 0.6 is 0 Å². The van der Waals surface area contributed by atoms with Gasteiger partial charge in [0.05, 0.1) is 52.4 Å². The Hall–Kier alpha value is -0.0800. The Labute approximate surface area is 282 Å². The summed E-state index contributed by atoms with van der Waals surface area (Å²) in [6, 6.07) is 0. The van der Waals surface area contributed by atoms with Gasteiger partial charge in [-0.2, -0.15) is 0 Å². The Balaban J connectivity index is 3.95. The standard InChI is InChI=1S/C42H90N2/c1-7-13-15-17-19-21-23-25-27-29-31-35-39-43(9-3,10-4)41-37-33-34-38-42-44(11-5,12-6)40-36-32-30-28-26-24-22-20-18-16-14-8-2/h7-42H2,1-6H3/q+2. The summed E-state index contributed by atoms with van der Waals surface area (Å²) >= 11 is 0. The van der Waals surface area contributed by atoms with E-state index in [1.165, 1.54) is 241 Å². The Bertz CT molecular complexity index is 488. The molecule has 0 saturated heterocycles. The van der Waals surface area contributed by atoms with Crippen LogP contribution in [0.4, 0.5) is 0 Å². The van der Waals surface area contributed by atoms with Gasteiger partial charge in [-0.1, -0.05) is 142 Å². The molecule has 0 aliphatic rings. The molecule has 0 aliphatic heterocycles. The summed E-state index contributed by atoms with van der Waals surface area (Å²) in [5, 5.41) is 0. The van der Waals surface area contributed by atoms with Crippen molar-refractivity contribution >= 4 is 0 Å². The molecule has 2 heteroatoms. The fourth-order valence-corrected chi connectivity index (χ4v) is 7.76. The lowest BCUT2D eigenvalue weighted by atomic mass is 10.0. The predicted octanol–water partition coefficient (Wildman–Crippen LogP) is 13.7. The van der Waals surface area contributed by atoms with E-state index in [0.717, 1.165) is 0 Å². The number of rotatable bonds is 37. The second-order valence-electron chi connectivity index (χ2n) is 15.0. The molecule has 0 N–H and O–H groups in total. The maximum atomic E-state index is 2.45. The van der Waals surface area contributed by atoms with Crippen molar-refractivity contribution in [2.75, 3.05) is 52.4 Å². The van der Waals surface area contributed by atoms with E-state index in [0.29, 0.717) is 0 Å². The van der Waals surface area contributed by atoms with Gasteiger partial charge in [0.15, 0.2) is 0 Å². The van der Waals surface area contributed by atoms with Crippen molar-refractivity contribution in [1.29, 1.82) is 0 Å². The highest BCUT2D eigenvalue weighted by molar-refractivity contribution is 4.53. The van der Waals surface area contributed by atoms with E-state index >= 15 is 0 Å². The molecule has 0 aromatic rings. The van der Waals surface area contributed by atoms with Crippen LogP contribution in [0.5, 0.6) is 0 Å². The SMILES string of the molecule is CCCCCCCCCCCCCC[N+](CC)(CC)CCCCCC[N+](CC)(CC)CCCCCCCCCCCCCC. The zero-order chi connectivity index (χ0) is 32.5. The van der Waals surface area contributed by atoms with Crippen molar-refractivity contribution in [3.05, 3.63) is 0 Å². The molecule has 0 saturated carbocycles. The molecule has 0 heterocycles. The summed E-state index contributed by atoms with van der Waals surface area (Å²) in [4.78, 5) is 0. The predicted molar refractivity (Wildman–Crippen MR) is 203 cm³/mol. The summed E-state index contributed by atoms with van der Waals surface area (Å²) < 4.78 is 2.75. The minimum Gasteiger partial charge on any atom is -0.324 e. The van der Waals surface area contributed by atoms with Crippen LogP contribution in [0, 0.1) is 0 Å². The second-order valence-corrected chi connectivity index (χ2v) is 15.0. The number of nitrogens with zero attached hydrogens (tertiary/aromatic N) is 2. The van der Waals surface area contributed by atoms with Crippen LogP contribution in [0.1, 0.15) is 221 Å². The maximum Gasteiger partial charge on any atom is 0.0786 e. The molecule has 0 bridgehead atoms. The van der Waals surface area contributed by atoms with Gasteiger partial charge in [-0.05, 0) is 79.1 Å². The van der Waals surface area contributed by atoms with Crippen molar-refractivity contribution in [2.45, 2.75) is 221 Å². The number of quaternary nitrogens is 2. The van der Waals surface area contributed by atoms with Crippen molar-refractivity contribution in [2.24, 2.45) is 0 Å². The van der Waals surface area contributed by atoms with Gasteiger partial charge < -0.3 is 8.97 Å². The van der Waals surface area contributed by atoms with Crippen molar-refractivity contribution in [3.8, 4) is 0 Å². The van der Waals surface area contributed by atoms with Crippen molar-refractivity contribution in [3.63, 3.8) is 0 Å². The molecule has 0 spiro atoms. The van der Waals surface area contributed by atoms with E-state index in [1.54, 1.807) is 0 Å². The molecule has 0 rings (SSSR count). The third-order valence-corrected chi connectivity index (χ3v) is 11.7. The molecule has 0 amide bonds. The van der Waals surface area contributed by atoms with Gasteiger partial charge in [-0.15, -0.1) is 0 Å². The summed E-state index contributed by atoms with van der Waals surface area (Å²) in [6.07, 6.45) is 40.8. The molecular weight excluding hydrogens is 532 g/mol. The first-order chi connectivity index (χ1) is 21.6. The third-order valence-electron chi connectivity index (χ3n) is 11.7. The molecule has 0 aromatic carbocycles. The lowest BCUT2D eigenvalue weighted by Gasteiger charge is -2.38. The smallest absolute Gasteiger partial charge is 0.0786 e. The van der Waals surface area contributed by atoms with Gasteiger partial charge in [0.1, 0.15) is 0 Å². The van der Waals surface area contributed by atoms with Gasteiger partial charge in [-0.3, -0.25) is 0 Å². The third kappa shape index (κ3) is 25.1. The lowest BCUT2D eigenvalue weighted by molar-refractivity contribution is -0.926. The molecule has 0 atom stereocenters. The minimum atomic E-state index is 1.33. The average molecular weight is 623 g/mol. The van der Waals surface area contributed by atoms with Crippen LogP contribution in [0.15, 0.2) is 0 Å². The quantitative estimate of drug-likeness (QED) is 0.0477. The topological polar surface area (TPSA) is 0 Å².